The second-order valence-corrected chi connectivity index (χ2v) is 8.21. The lowest BCUT2D eigenvalue weighted by Crippen LogP contribution is -2.37. The van der Waals surface area contributed by atoms with E-state index in [1.807, 2.05) is 43.3 Å². The Balaban J connectivity index is 2.14. The molecular weight excluding hydrogens is 396 g/mol. The first kappa shape index (κ1) is 24.1. The van der Waals surface area contributed by atoms with Crippen LogP contribution in [0.1, 0.15) is 57.3 Å². The first-order valence-electron chi connectivity index (χ1n) is 10.2. The zero-order chi connectivity index (χ0) is 23.0. The van der Waals surface area contributed by atoms with Crippen molar-refractivity contribution in [3.8, 4) is 11.5 Å². The molecule has 0 heterocycles. The minimum absolute atomic E-state index is 0.0554. The maximum absolute atomic E-state index is 12.9. The van der Waals surface area contributed by atoms with E-state index >= 15 is 0 Å². The fourth-order valence-corrected chi connectivity index (χ4v) is 3.13. The molecule has 2 N–H and O–H groups in total. The molecule has 0 fully saturated rings. The molecule has 0 saturated carbocycles. The van der Waals surface area contributed by atoms with Crippen LogP contribution in [-0.2, 0) is 9.53 Å². The average molecular weight is 429 g/mol. The molecule has 0 aliphatic carbocycles. The number of carbonyl (C=O) groups is 2. The molecule has 0 spiro atoms. The predicted octanol–water partition coefficient (Wildman–Crippen LogP) is 4.54. The smallest absolute Gasteiger partial charge is 0.408 e. The molecule has 2 aromatic carbocycles. The highest BCUT2D eigenvalue weighted by molar-refractivity contribution is 5.78. The number of methoxy groups -OCH3 is 2. The van der Waals surface area contributed by atoms with Crippen LogP contribution in [-0.4, -0.2) is 31.8 Å². The lowest BCUT2D eigenvalue weighted by molar-refractivity contribution is -0.122. The van der Waals surface area contributed by atoms with Gasteiger partial charge in [-0.15, -0.1) is 0 Å². The molecule has 0 saturated heterocycles. The van der Waals surface area contributed by atoms with Crippen molar-refractivity contribution in [2.45, 2.75) is 51.8 Å². The van der Waals surface area contributed by atoms with Crippen LogP contribution in [0.25, 0.3) is 0 Å². The highest BCUT2D eigenvalue weighted by Gasteiger charge is 2.24. The summed E-state index contributed by atoms with van der Waals surface area (Å²) in [5.41, 5.74) is 0.979. The van der Waals surface area contributed by atoms with Gasteiger partial charge in [0.25, 0.3) is 0 Å². The minimum Gasteiger partial charge on any atom is -0.497 e. The van der Waals surface area contributed by atoms with Gasteiger partial charge in [0.1, 0.15) is 17.1 Å². The van der Waals surface area contributed by atoms with E-state index in [4.69, 9.17) is 14.2 Å². The number of alkyl carbamates (subject to hydrolysis) is 1. The molecule has 2 aromatic rings. The van der Waals surface area contributed by atoms with Crippen LogP contribution in [0.3, 0.4) is 0 Å². The Bertz CT molecular complexity index is 877. The van der Waals surface area contributed by atoms with Crippen molar-refractivity contribution >= 4 is 12.0 Å². The Hall–Kier alpha value is -3.22. The van der Waals surface area contributed by atoms with Crippen molar-refractivity contribution in [2.75, 3.05) is 14.2 Å². The molecule has 0 unspecified atom stereocenters. The summed E-state index contributed by atoms with van der Waals surface area (Å²) < 4.78 is 16.1. The summed E-state index contributed by atoms with van der Waals surface area (Å²) in [4.78, 5) is 25.2. The number of ether oxygens (including phenoxy) is 3. The fraction of sp³-hybridized carbons (Fsp3) is 0.417. The highest BCUT2D eigenvalue weighted by Crippen LogP contribution is 2.29. The molecule has 0 aromatic heterocycles. The number of hydrogen-bond donors (Lipinski definition) is 2. The first-order valence-corrected chi connectivity index (χ1v) is 10.2. The molecule has 7 nitrogen and oxygen atoms in total. The maximum Gasteiger partial charge on any atom is 0.408 e. The molecule has 0 aliphatic heterocycles. The van der Waals surface area contributed by atoms with E-state index in [-0.39, 0.29) is 18.4 Å². The second-order valence-electron chi connectivity index (χ2n) is 8.21. The Morgan fingerprint density at radius 2 is 1.65 bits per heavy atom. The van der Waals surface area contributed by atoms with Crippen LogP contribution in [0.4, 0.5) is 4.79 Å². The molecule has 31 heavy (non-hydrogen) atoms. The van der Waals surface area contributed by atoms with Gasteiger partial charge in [0.2, 0.25) is 5.91 Å². The summed E-state index contributed by atoms with van der Waals surface area (Å²) in [7, 11) is 3.16. The van der Waals surface area contributed by atoms with Gasteiger partial charge < -0.3 is 24.8 Å². The van der Waals surface area contributed by atoms with E-state index in [2.05, 4.69) is 10.6 Å². The van der Waals surface area contributed by atoms with Gasteiger partial charge in [0.15, 0.2) is 0 Å². The van der Waals surface area contributed by atoms with Crippen LogP contribution in [0, 0.1) is 0 Å². The molecule has 0 bridgehead atoms. The van der Waals surface area contributed by atoms with Gasteiger partial charge in [-0.25, -0.2) is 4.79 Å². The SMILES string of the molecule is COc1ccc(OC)c([C@@H](C)NC(=O)C[C@H](NC(=O)OC(C)(C)C)c2ccccc2)c1. The van der Waals surface area contributed by atoms with Crippen LogP contribution in [0.15, 0.2) is 48.5 Å². The van der Waals surface area contributed by atoms with E-state index in [0.29, 0.717) is 11.5 Å². The lowest BCUT2D eigenvalue weighted by Gasteiger charge is -2.24. The Labute approximate surface area is 184 Å². The summed E-state index contributed by atoms with van der Waals surface area (Å²) in [6, 6.07) is 13.9. The molecule has 2 amide bonds. The largest absolute Gasteiger partial charge is 0.497 e. The van der Waals surface area contributed by atoms with E-state index in [1.165, 1.54) is 0 Å². The molecule has 168 valence electrons. The molecule has 7 heteroatoms. The quantitative estimate of drug-likeness (QED) is 0.645. The summed E-state index contributed by atoms with van der Waals surface area (Å²) in [6.45, 7) is 7.24. The van der Waals surface area contributed by atoms with Crippen molar-refractivity contribution < 1.29 is 23.8 Å². The van der Waals surface area contributed by atoms with Crippen molar-refractivity contribution in [3.05, 3.63) is 59.7 Å². The lowest BCUT2D eigenvalue weighted by atomic mass is 10.0. The number of rotatable bonds is 8. The molecule has 2 atom stereocenters. The number of carbonyl (C=O) groups excluding carboxylic acids is 2. The van der Waals surface area contributed by atoms with Crippen molar-refractivity contribution in [3.63, 3.8) is 0 Å². The second kappa shape index (κ2) is 10.7. The number of benzene rings is 2. The molecule has 0 aliphatic rings. The first-order chi connectivity index (χ1) is 14.6. The van der Waals surface area contributed by atoms with Gasteiger partial charge in [-0.3, -0.25) is 4.79 Å². The third-order valence-corrected chi connectivity index (χ3v) is 4.56. The van der Waals surface area contributed by atoms with Crippen molar-refractivity contribution in [1.82, 2.24) is 10.6 Å². The highest BCUT2D eigenvalue weighted by atomic mass is 16.6. The topological polar surface area (TPSA) is 85.9 Å². The number of hydrogen-bond acceptors (Lipinski definition) is 5. The van der Waals surface area contributed by atoms with E-state index in [9.17, 15) is 9.59 Å². The summed E-state index contributed by atoms with van der Waals surface area (Å²) >= 11 is 0. The Morgan fingerprint density at radius 1 is 0.968 bits per heavy atom. The summed E-state index contributed by atoms with van der Waals surface area (Å²) in [5, 5.41) is 5.79. The van der Waals surface area contributed by atoms with Crippen LogP contribution < -0.4 is 20.1 Å². The fourth-order valence-electron chi connectivity index (χ4n) is 3.13. The average Bonchev–Trinajstić information content (AvgIpc) is 2.71. The van der Waals surface area contributed by atoms with Gasteiger partial charge in [-0.2, -0.15) is 0 Å². The van der Waals surface area contributed by atoms with Crippen molar-refractivity contribution in [1.29, 1.82) is 0 Å². The zero-order valence-corrected chi connectivity index (χ0v) is 19.0. The zero-order valence-electron chi connectivity index (χ0n) is 19.0. The Morgan fingerprint density at radius 3 is 2.23 bits per heavy atom. The van der Waals surface area contributed by atoms with Crippen LogP contribution in [0.2, 0.25) is 0 Å². The predicted molar refractivity (Wildman–Crippen MR) is 119 cm³/mol. The van der Waals surface area contributed by atoms with Gasteiger partial charge in [0.05, 0.1) is 32.7 Å². The molecular formula is C24H32N2O5. The molecule has 0 radical (unpaired) electrons. The van der Waals surface area contributed by atoms with Gasteiger partial charge in [-0.05, 0) is 51.5 Å². The van der Waals surface area contributed by atoms with E-state index in [0.717, 1.165) is 11.1 Å². The normalized spacial score (nSPS) is 13.0. The minimum atomic E-state index is -0.634. The van der Waals surface area contributed by atoms with E-state index < -0.39 is 17.7 Å². The maximum atomic E-state index is 12.9. The van der Waals surface area contributed by atoms with Gasteiger partial charge >= 0.3 is 6.09 Å². The van der Waals surface area contributed by atoms with Crippen LogP contribution >= 0.6 is 0 Å². The monoisotopic (exact) mass is 428 g/mol. The van der Waals surface area contributed by atoms with E-state index in [1.54, 1.807) is 47.1 Å². The van der Waals surface area contributed by atoms with Gasteiger partial charge in [0, 0.05) is 5.56 Å². The standard InChI is InChI=1S/C24H32N2O5/c1-16(19-14-18(29-5)12-13-21(19)30-6)25-22(27)15-20(17-10-8-7-9-11-17)26-23(28)31-24(2,3)4/h7-14,16,20H,15H2,1-6H3,(H,25,27)(H,26,28)/t16-,20+/m1/s1. The van der Waals surface area contributed by atoms with Gasteiger partial charge in [-0.1, -0.05) is 30.3 Å². The summed E-state index contributed by atoms with van der Waals surface area (Å²) in [5.74, 6) is 1.10. The van der Waals surface area contributed by atoms with Crippen LogP contribution in [0.5, 0.6) is 11.5 Å². The number of nitrogens with one attached hydrogen (secondary N) is 2. The Kier molecular flexibility index (Phi) is 8.30. The number of amides is 2. The third kappa shape index (κ3) is 7.51. The summed E-state index contributed by atoms with van der Waals surface area (Å²) in [6.07, 6.45) is -0.517. The van der Waals surface area contributed by atoms with Crippen molar-refractivity contribution in [2.24, 2.45) is 0 Å². The molecule has 2 rings (SSSR count). The third-order valence-electron chi connectivity index (χ3n) is 4.56.